The SMILES string of the molecule is CCC1=NC(C)(CCC#N)C=N1. The zero-order valence-corrected chi connectivity index (χ0v) is 7.54. The average molecular weight is 163 g/mol. The van der Waals surface area contributed by atoms with Crippen molar-refractivity contribution in [3.05, 3.63) is 0 Å². The van der Waals surface area contributed by atoms with Gasteiger partial charge in [0.2, 0.25) is 0 Å². The van der Waals surface area contributed by atoms with Gasteiger partial charge < -0.3 is 0 Å². The molecule has 3 heteroatoms. The Bertz CT molecular complexity index is 259. The quantitative estimate of drug-likeness (QED) is 0.627. The molecule has 1 rings (SSSR count). The lowest BCUT2D eigenvalue weighted by molar-refractivity contribution is 0.600. The topological polar surface area (TPSA) is 48.5 Å². The summed E-state index contributed by atoms with van der Waals surface area (Å²) < 4.78 is 0. The van der Waals surface area contributed by atoms with E-state index < -0.39 is 0 Å². The first kappa shape index (κ1) is 8.92. The summed E-state index contributed by atoms with van der Waals surface area (Å²) in [7, 11) is 0. The summed E-state index contributed by atoms with van der Waals surface area (Å²) in [4.78, 5) is 8.60. The van der Waals surface area contributed by atoms with E-state index in [1.165, 1.54) is 0 Å². The van der Waals surface area contributed by atoms with E-state index in [1.807, 2.05) is 20.1 Å². The monoisotopic (exact) mass is 163 g/mol. The zero-order chi connectivity index (χ0) is 9.03. The number of hydrogen-bond acceptors (Lipinski definition) is 3. The number of nitrogens with zero attached hydrogens (tertiary/aromatic N) is 3. The van der Waals surface area contributed by atoms with Crippen molar-refractivity contribution in [3.8, 4) is 6.07 Å². The van der Waals surface area contributed by atoms with Gasteiger partial charge in [0.1, 0.15) is 5.84 Å². The average Bonchev–Trinajstić information content (AvgIpc) is 2.45. The van der Waals surface area contributed by atoms with Gasteiger partial charge in [-0.2, -0.15) is 5.26 Å². The Morgan fingerprint density at radius 1 is 1.67 bits per heavy atom. The van der Waals surface area contributed by atoms with Crippen molar-refractivity contribution >= 4 is 12.1 Å². The molecule has 0 aromatic carbocycles. The molecule has 1 heterocycles. The van der Waals surface area contributed by atoms with Crippen molar-refractivity contribution in [1.29, 1.82) is 5.26 Å². The van der Waals surface area contributed by atoms with Crippen LogP contribution in [0.5, 0.6) is 0 Å². The molecule has 0 aliphatic carbocycles. The van der Waals surface area contributed by atoms with Crippen molar-refractivity contribution in [3.63, 3.8) is 0 Å². The number of nitriles is 1. The molecule has 1 aliphatic heterocycles. The van der Waals surface area contributed by atoms with Gasteiger partial charge in [0.25, 0.3) is 0 Å². The van der Waals surface area contributed by atoms with Crippen LogP contribution in [0.1, 0.15) is 33.1 Å². The smallest absolute Gasteiger partial charge is 0.123 e. The van der Waals surface area contributed by atoms with E-state index in [0.717, 1.165) is 18.7 Å². The van der Waals surface area contributed by atoms with Gasteiger partial charge in [-0.15, -0.1) is 0 Å². The Labute approximate surface area is 72.8 Å². The summed E-state index contributed by atoms with van der Waals surface area (Å²) in [5.74, 6) is 0.899. The summed E-state index contributed by atoms with van der Waals surface area (Å²) in [6.07, 6.45) is 4.04. The molecule has 0 N–H and O–H groups in total. The van der Waals surface area contributed by atoms with Crippen molar-refractivity contribution in [1.82, 2.24) is 0 Å². The van der Waals surface area contributed by atoms with Crippen LogP contribution in [0.3, 0.4) is 0 Å². The normalized spacial score (nSPS) is 26.9. The van der Waals surface area contributed by atoms with Gasteiger partial charge in [-0.1, -0.05) is 6.92 Å². The van der Waals surface area contributed by atoms with Gasteiger partial charge in [-0.25, -0.2) is 4.99 Å². The molecule has 3 nitrogen and oxygen atoms in total. The highest BCUT2D eigenvalue weighted by atomic mass is 15.0. The van der Waals surface area contributed by atoms with Gasteiger partial charge in [-0.05, 0) is 13.3 Å². The molecular formula is C9H13N3. The van der Waals surface area contributed by atoms with E-state index in [9.17, 15) is 0 Å². The zero-order valence-electron chi connectivity index (χ0n) is 7.54. The van der Waals surface area contributed by atoms with E-state index in [1.54, 1.807) is 0 Å². The molecule has 1 aliphatic rings. The van der Waals surface area contributed by atoms with Crippen LogP contribution < -0.4 is 0 Å². The predicted octanol–water partition coefficient (Wildman–Crippen LogP) is 1.94. The molecule has 0 fully saturated rings. The third kappa shape index (κ3) is 1.91. The van der Waals surface area contributed by atoms with Crippen molar-refractivity contribution < 1.29 is 0 Å². The van der Waals surface area contributed by atoms with Crippen LogP contribution >= 0.6 is 0 Å². The summed E-state index contributed by atoms with van der Waals surface area (Å²) in [5.41, 5.74) is -0.207. The molecule has 1 atom stereocenters. The summed E-state index contributed by atoms with van der Waals surface area (Å²) in [5, 5.41) is 8.42. The van der Waals surface area contributed by atoms with E-state index >= 15 is 0 Å². The molecule has 1 unspecified atom stereocenters. The minimum Gasteiger partial charge on any atom is -0.258 e. The Morgan fingerprint density at radius 3 is 2.92 bits per heavy atom. The number of amidine groups is 1. The predicted molar refractivity (Wildman–Crippen MR) is 49.5 cm³/mol. The lowest BCUT2D eigenvalue weighted by Crippen LogP contribution is -2.20. The minimum atomic E-state index is -0.207. The van der Waals surface area contributed by atoms with Gasteiger partial charge in [-0.3, -0.25) is 4.99 Å². The molecule has 0 saturated carbocycles. The summed E-state index contributed by atoms with van der Waals surface area (Å²) in [6, 6.07) is 2.12. The molecule has 12 heavy (non-hydrogen) atoms. The molecule has 0 saturated heterocycles. The largest absolute Gasteiger partial charge is 0.258 e. The Morgan fingerprint density at radius 2 is 2.42 bits per heavy atom. The van der Waals surface area contributed by atoms with Crippen LogP contribution in [0, 0.1) is 11.3 Å². The van der Waals surface area contributed by atoms with Gasteiger partial charge in [0.05, 0.1) is 11.6 Å². The lowest BCUT2D eigenvalue weighted by atomic mass is 9.99. The molecule has 0 radical (unpaired) electrons. The molecule has 0 aromatic rings. The van der Waals surface area contributed by atoms with Crippen LogP contribution in [-0.4, -0.2) is 17.6 Å². The van der Waals surface area contributed by atoms with Crippen molar-refractivity contribution in [2.45, 2.75) is 38.6 Å². The molecule has 0 aromatic heterocycles. The molecule has 64 valence electrons. The highest BCUT2D eigenvalue weighted by Crippen LogP contribution is 2.20. The highest BCUT2D eigenvalue weighted by Gasteiger charge is 2.24. The van der Waals surface area contributed by atoms with Gasteiger partial charge >= 0.3 is 0 Å². The maximum absolute atomic E-state index is 8.42. The Kier molecular flexibility index (Phi) is 2.59. The van der Waals surface area contributed by atoms with E-state index in [0.29, 0.717) is 6.42 Å². The summed E-state index contributed by atoms with van der Waals surface area (Å²) >= 11 is 0. The van der Waals surface area contributed by atoms with Gasteiger partial charge in [0, 0.05) is 19.1 Å². The first-order chi connectivity index (χ1) is 5.70. The first-order valence-electron chi connectivity index (χ1n) is 4.21. The molecular weight excluding hydrogens is 150 g/mol. The summed E-state index contributed by atoms with van der Waals surface area (Å²) in [6.45, 7) is 4.04. The second-order valence-corrected chi connectivity index (χ2v) is 3.16. The maximum atomic E-state index is 8.42. The number of hydrogen-bond donors (Lipinski definition) is 0. The van der Waals surface area contributed by atoms with Gasteiger partial charge in [0.15, 0.2) is 0 Å². The first-order valence-corrected chi connectivity index (χ1v) is 4.21. The number of aliphatic imine (C=N–C) groups is 2. The van der Waals surface area contributed by atoms with E-state index in [4.69, 9.17) is 5.26 Å². The Balaban J connectivity index is 2.59. The van der Waals surface area contributed by atoms with Crippen LogP contribution in [0.25, 0.3) is 0 Å². The van der Waals surface area contributed by atoms with Crippen LogP contribution in [0.2, 0.25) is 0 Å². The lowest BCUT2D eigenvalue weighted by Gasteiger charge is -2.13. The molecule has 0 amide bonds. The van der Waals surface area contributed by atoms with E-state index in [2.05, 4.69) is 16.1 Å². The minimum absolute atomic E-state index is 0.207. The molecule has 0 bridgehead atoms. The standard InChI is InChI=1S/C9H13N3/c1-3-8-11-7-9(2,12-8)5-4-6-10/h7H,3-5H2,1-2H3. The fourth-order valence-corrected chi connectivity index (χ4v) is 1.17. The highest BCUT2D eigenvalue weighted by molar-refractivity contribution is 5.97. The molecule has 0 spiro atoms. The van der Waals surface area contributed by atoms with E-state index in [-0.39, 0.29) is 5.54 Å². The third-order valence-corrected chi connectivity index (χ3v) is 1.94. The number of rotatable bonds is 3. The second-order valence-electron chi connectivity index (χ2n) is 3.16. The maximum Gasteiger partial charge on any atom is 0.123 e. The second kappa shape index (κ2) is 3.48. The van der Waals surface area contributed by atoms with Crippen molar-refractivity contribution in [2.24, 2.45) is 9.98 Å². The van der Waals surface area contributed by atoms with Crippen LogP contribution in [0.4, 0.5) is 0 Å². The van der Waals surface area contributed by atoms with Crippen LogP contribution in [0.15, 0.2) is 9.98 Å². The fraction of sp³-hybridized carbons (Fsp3) is 0.667. The van der Waals surface area contributed by atoms with Crippen LogP contribution in [-0.2, 0) is 0 Å². The van der Waals surface area contributed by atoms with Crippen molar-refractivity contribution in [2.75, 3.05) is 0 Å². The Hall–Kier alpha value is -1.17. The fourth-order valence-electron chi connectivity index (χ4n) is 1.17. The third-order valence-electron chi connectivity index (χ3n) is 1.94.